The summed E-state index contributed by atoms with van der Waals surface area (Å²) >= 11 is 0. The zero-order valence-electron chi connectivity index (χ0n) is 7.43. The molecular weight excluding hydrogens is 154 g/mol. The molecule has 1 aliphatic rings. The third-order valence-corrected chi connectivity index (χ3v) is 1.93. The van der Waals surface area contributed by atoms with Crippen molar-refractivity contribution in [3.8, 4) is 0 Å². The lowest BCUT2D eigenvalue weighted by Crippen LogP contribution is -2.28. The van der Waals surface area contributed by atoms with Crippen LogP contribution < -0.4 is 5.32 Å². The fourth-order valence-corrected chi connectivity index (χ4v) is 1.20. The fourth-order valence-electron chi connectivity index (χ4n) is 1.20. The zero-order chi connectivity index (χ0) is 8.97. The number of rotatable bonds is 3. The molecular formula is C9H15NO2. The van der Waals surface area contributed by atoms with E-state index >= 15 is 0 Å². The summed E-state index contributed by atoms with van der Waals surface area (Å²) in [7, 11) is 0. The van der Waals surface area contributed by atoms with Crippen LogP contribution in [0.15, 0.2) is 12.2 Å². The molecule has 0 aromatic rings. The van der Waals surface area contributed by atoms with E-state index in [9.17, 15) is 4.79 Å². The van der Waals surface area contributed by atoms with Crippen LogP contribution >= 0.6 is 0 Å². The Hall–Kier alpha value is -0.830. The Morgan fingerprint density at radius 3 is 3.00 bits per heavy atom. The van der Waals surface area contributed by atoms with E-state index < -0.39 is 0 Å². The van der Waals surface area contributed by atoms with Crippen molar-refractivity contribution in [2.45, 2.75) is 25.8 Å². The van der Waals surface area contributed by atoms with Crippen LogP contribution in [0.3, 0.4) is 0 Å². The summed E-state index contributed by atoms with van der Waals surface area (Å²) < 4.78 is 4.99. The van der Waals surface area contributed by atoms with Crippen LogP contribution in [-0.2, 0) is 9.53 Å². The van der Waals surface area contributed by atoms with Crippen LogP contribution in [0, 0.1) is 0 Å². The summed E-state index contributed by atoms with van der Waals surface area (Å²) in [5, 5.41) is 3.24. The van der Waals surface area contributed by atoms with E-state index in [1.807, 2.05) is 0 Å². The number of carbonyl (C=O) groups is 1. The first-order valence-electron chi connectivity index (χ1n) is 4.26. The van der Waals surface area contributed by atoms with Gasteiger partial charge in [0.2, 0.25) is 0 Å². The topological polar surface area (TPSA) is 38.3 Å². The monoisotopic (exact) mass is 169 g/mol. The van der Waals surface area contributed by atoms with Gasteiger partial charge in [-0.25, -0.2) is 4.79 Å². The van der Waals surface area contributed by atoms with Gasteiger partial charge in [0.05, 0.1) is 0 Å². The molecule has 1 aliphatic heterocycles. The van der Waals surface area contributed by atoms with Gasteiger partial charge < -0.3 is 10.1 Å². The molecule has 0 saturated carbocycles. The Kier molecular flexibility index (Phi) is 3.29. The Bertz CT molecular complexity index is 183. The predicted octanol–water partition coefficient (Wildman–Crippen LogP) is 0.858. The molecule has 1 fully saturated rings. The van der Waals surface area contributed by atoms with E-state index in [-0.39, 0.29) is 5.97 Å². The highest BCUT2D eigenvalue weighted by Gasteiger charge is 2.15. The van der Waals surface area contributed by atoms with Crippen molar-refractivity contribution in [1.82, 2.24) is 5.32 Å². The molecule has 0 aliphatic carbocycles. The lowest BCUT2D eigenvalue weighted by atomic mass is 10.2. The molecule has 1 unspecified atom stereocenters. The van der Waals surface area contributed by atoms with Gasteiger partial charge in [-0.05, 0) is 26.3 Å². The summed E-state index contributed by atoms with van der Waals surface area (Å²) in [5.41, 5.74) is 0.466. The zero-order valence-corrected chi connectivity index (χ0v) is 7.43. The maximum absolute atomic E-state index is 10.9. The van der Waals surface area contributed by atoms with E-state index in [2.05, 4.69) is 11.9 Å². The van der Waals surface area contributed by atoms with Gasteiger partial charge in [-0.2, -0.15) is 0 Å². The van der Waals surface area contributed by atoms with Gasteiger partial charge in [-0.1, -0.05) is 6.58 Å². The number of hydrogen-bond acceptors (Lipinski definition) is 3. The largest absolute Gasteiger partial charge is 0.461 e. The fraction of sp³-hybridized carbons (Fsp3) is 0.667. The lowest BCUT2D eigenvalue weighted by molar-refractivity contribution is -0.139. The molecule has 1 saturated heterocycles. The number of nitrogens with one attached hydrogen (secondary N) is 1. The molecule has 1 heterocycles. The Morgan fingerprint density at radius 1 is 1.75 bits per heavy atom. The van der Waals surface area contributed by atoms with Gasteiger partial charge in [0, 0.05) is 11.6 Å². The molecule has 0 bridgehead atoms. The molecule has 68 valence electrons. The Balaban J connectivity index is 2.16. The van der Waals surface area contributed by atoms with Crippen molar-refractivity contribution >= 4 is 5.97 Å². The van der Waals surface area contributed by atoms with Crippen molar-refractivity contribution in [3.63, 3.8) is 0 Å². The normalized spacial score (nSPS) is 22.2. The second-order valence-electron chi connectivity index (χ2n) is 3.17. The smallest absolute Gasteiger partial charge is 0.333 e. The third kappa shape index (κ3) is 2.66. The van der Waals surface area contributed by atoms with Crippen LogP contribution in [0.25, 0.3) is 0 Å². The van der Waals surface area contributed by atoms with Gasteiger partial charge in [0.25, 0.3) is 0 Å². The molecule has 1 atom stereocenters. The third-order valence-electron chi connectivity index (χ3n) is 1.93. The molecule has 1 rings (SSSR count). The number of esters is 1. The van der Waals surface area contributed by atoms with Crippen molar-refractivity contribution in [2.24, 2.45) is 0 Å². The lowest BCUT2D eigenvalue weighted by Gasteiger charge is -2.10. The maximum Gasteiger partial charge on any atom is 0.333 e. The molecule has 1 N–H and O–H groups in total. The molecule has 0 spiro atoms. The molecule has 0 amide bonds. The average Bonchev–Trinajstić information content (AvgIpc) is 2.51. The van der Waals surface area contributed by atoms with Crippen LogP contribution in [0.2, 0.25) is 0 Å². The van der Waals surface area contributed by atoms with Gasteiger partial charge in [0.1, 0.15) is 6.61 Å². The van der Waals surface area contributed by atoms with Gasteiger partial charge in [-0.3, -0.25) is 0 Å². The molecule has 3 heteroatoms. The Morgan fingerprint density at radius 2 is 2.50 bits per heavy atom. The van der Waals surface area contributed by atoms with Crippen molar-refractivity contribution in [2.75, 3.05) is 13.2 Å². The second-order valence-corrected chi connectivity index (χ2v) is 3.17. The first-order chi connectivity index (χ1) is 5.70. The number of carbonyl (C=O) groups excluding carboxylic acids is 1. The van der Waals surface area contributed by atoms with Crippen LogP contribution in [0.1, 0.15) is 19.8 Å². The van der Waals surface area contributed by atoms with Crippen LogP contribution in [0.4, 0.5) is 0 Å². The van der Waals surface area contributed by atoms with E-state index in [1.165, 1.54) is 6.42 Å². The quantitative estimate of drug-likeness (QED) is 0.503. The van der Waals surface area contributed by atoms with Gasteiger partial charge in [0.15, 0.2) is 0 Å². The standard InChI is InChI=1S/C9H15NO2/c1-7(2)9(11)12-6-8-4-3-5-10-8/h8,10H,1,3-6H2,2H3. The summed E-state index contributed by atoms with van der Waals surface area (Å²) in [4.78, 5) is 10.9. The average molecular weight is 169 g/mol. The SMILES string of the molecule is C=C(C)C(=O)OCC1CCCN1. The van der Waals surface area contributed by atoms with E-state index in [0.29, 0.717) is 18.2 Å². The number of hydrogen-bond donors (Lipinski definition) is 1. The minimum Gasteiger partial charge on any atom is -0.461 e. The minimum absolute atomic E-state index is 0.288. The summed E-state index contributed by atoms with van der Waals surface area (Å²) in [6.07, 6.45) is 2.28. The van der Waals surface area contributed by atoms with Crippen molar-refractivity contribution < 1.29 is 9.53 Å². The first-order valence-corrected chi connectivity index (χ1v) is 4.26. The predicted molar refractivity (Wildman–Crippen MR) is 46.8 cm³/mol. The van der Waals surface area contributed by atoms with E-state index in [1.54, 1.807) is 6.92 Å². The maximum atomic E-state index is 10.9. The second kappa shape index (κ2) is 4.26. The molecule has 12 heavy (non-hydrogen) atoms. The minimum atomic E-state index is -0.288. The summed E-state index contributed by atoms with van der Waals surface area (Å²) in [6.45, 7) is 6.68. The van der Waals surface area contributed by atoms with Crippen LogP contribution in [-0.4, -0.2) is 25.2 Å². The van der Waals surface area contributed by atoms with Crippen molar-refractivity contribution in [3.05, 3.63) is 12.2 Å². The van der Waals surface area contributed by atoms with E-state index in [0.717, 1.165) is 13.0 Å². The molecule has 0 aromatic carbocycles. The highest BCUT2D eigenvalue weighted by Crippen LogP contribution is 2.05. The molecule has 3 nitrogen and oxygen atoms in total. The van der Waals surface area contributed by atoms with Gasteiger partial charge in [-0.15, -0.1) is 0 Å². The van der Waals surface area contributed by atoms with Crippen molar-refractivity contribution in [1.29, 1.82) is 0 Å². The van der Waals surface area contributed by atoms with E-state index in [4.69, 9.17) is 4.74 Å². The Labute approximate surface area is 72.8 Å². The highest BCUT2D eigenvalue weighted by molar-refractivity contribution is 5.86. The summed E-state index contributed by atoms with van der Waals surface area (Å²) in [6, 6.07) is 0.355. The molecule has 0 radical (unpaired) electrons. The molecule has 0 aromatic heterocycles. The number of ether oxygens (including phenoxy) is 1. The van der Waals surface area contributed by atoms with Gasteiger partial charge >= 0.3 is 5.97 Å². The summed E-state index contributed by atoms with van der Waals surface area (Å²) in [5.74, 6) is -0.288. The highest BCUT2D eigenvalue weighted by atomic mass is 16.5. The van der Waals surface area contributed by atoms with Crippen LogP contribution in [0.5, 0.6) is 0 Å². The first kappa shape index (κ1) is 9.26.